The Hall–Kier alpha value is -1.19. The minimum atomic E-state index is -4.61. The third kappa shape index (κ3) is 4.14. The molecule has 2 rings (SSSR count). The Morgan fingerprint density at radius 2 is 2.00 bits per heavy atom. The highest BCUT2D eigenvalue weighted by molar-refractivity contribution is 7.89. The van der Waals surface area contributed by atoms with E-state index in [2.05, 4.69) is 5.32 Å². The summed E-state index contributed by atoms with van der Waals surface area (Å²) in [6.07, 6.45) is -4.20. The van der Waals surface area contributed by atoms with Crippen molar-refractivity contribution in [3.05, 3.63) is 29.3 Å². The molecule has 1 atom stereocenters. The van der Waals surface area contributed by atoms with E-state index in [-0.39, 0.29) is 17.5 Å². The molecule has 2 N–H and O–H groups in total. The van der Waals surface area contributed by atoms with Gasteiger partial charge in [-0.3, -0.25) is 0 Å². The Balaban J connectivity index is 2.18. The zero-order chi connectivity index (χ0) is 15.7. The van der Waals surface area contributed by atoms with Crippen molar-refractivity contribution in [2.45, 2.75) is 30.1 Å². The maximum atomic E-state index is 12.6. The average Bonchev–Trinajstić information content (AvgIpc) is 2.43. The van der Waals surface area contributed by atoms with Gasteiger partial charge >= 0.3 is 6.18 Å². The van der Waals surface area contributed by atoms with Crippen molar-refractivity contribution in [3.63, 3.8) is 0 Å². The minimum absolute atomic E-state index is 0.231. The summed E-state index contributed by atoms with van der Waals surface area (Å²) in [6.45, 7) is -1.87. The molecule has 0 aromatic heterocycles. The molecule has 0 fully saturated rings. The monoisotopic (exact) mass is 326 g/mol. The Bertz CT molecular complexity index is 616. The van der Waals surface area contributed by atoms with Crippen molar-refractivity contribution in [2.75, 3.05) is 13.2 Å². The first-order valence-electron chi connectivity index (χ1n) is 6.19. The van der Waals surface area contributed by atoms with Crippen LogP contribution in [0.4, 0.5) is 17.6 Å². The van der Waals surface area contributed by atoms with Gasteiger partial charge in [-0.05, 0) is 29.7 Å². The first-order valence-corrected chi connectivity index (χ1v) is 7.67. The van der Waals surface area contributed by atoms with E-state index in [0.29, 0.717) is 12.0 Å². The van der Waals surface area contributed by atoms with Crippen LogP contribution in [-0.2, 0) is 23.0 Å². The van der Waals surface area contributed by atoms with Crippen LogP contribution >= 0.6 is 0 Å². The molecule has 1 aliphatic heterocycles. The third-order valence-electron chi connectivity index (χ3n) is 3.18. The minimum Gasteiger partial charge on any atom is -0.307 e. The Kier molecular flexibility index (Phi) is 4.54. The molecule has 1 aliphatic rings. The van der Waals surface area contributed by atoms with Crippen molar-refractivity contribution in [1.82, 2.24) is 10.0 Å². The van der Waals surface area contributed by atoms with E-state index in [1.807, 2.05) is 0 Å². The maximum absolute atomic E-state index is 12.6. The van der Waals surface area contributed by atoms with Gasteiger partial charge in [0.25, 0.3) is 0 Å². The number of hydrogen-bond acceptors (Lipinski definition) is 3. The molecule has 0 aliphatic carbocycles. The van der Waals surface area contributed by atoms with E-state index in [0.717, 1.165) is 5.56 Å². The molecule has 0 unspecified atom stereocenters. The molecular weight excluding hydrogens is 312 g/mol. The molecule has 0 bridgehead atoms. The van der Waals surface area contributed by atoms with E-state index in [9.17, 15) is 26.0 Å². The summed E-state index contributed by atoms with van der Waals surface area (Å²) in [5, 5.41) is 2.89. The smallest absolute Gasteiger partial charge is 0.307 e. The molecule has 0 radical (unpaired) electrons. The number of halogens is 4. The number of alkyl halides is 4. The van der Waals surface area contributed by atoms with Crippen LogP contribution < -0.4 is 10.0 Å². The summed E-state index contributed by atoms with van der Waals surface area (Å²) in [4.78, 5) is -0.231. The van der Waals surface area contributed by atoms with Crippen LogP contribution in [-0.4, -0.2) is 33.9 Å². The lowest BCUT2D eigenvalue weighted by molar-refractivity contribution is -0.121. The molecule has 0 amide bonds. The molecule has 1 heterocycles. The Morgan fingerprint density at radius 1 is 1.29 bits per heavy atom. The summed E-state index contributed by atoms with van der Waals surface area (Å²) in [6, 6.07) is 3.75. The fourth-order valence-corrected chi connectivity index (χ4v) is 3.16. The van der Waals surface area contributed by atoms with Gasteiger partial charge in [0, 0.05) is 12.6 Å². The van der Waals surface area contributed by atoms with Crippen LogP contribution in [0.5, 0.6) is 0 Å². The Morgan fingerprint density at radius 3 is 2.62 bits per heavy atom. The SMILES string of the molecule is O=S(=O)(NCC(F)(F)F)c1ccc2c(c1)CN[C@H](CF)C2. The van der Waals surface area contributed by atoms with Gasteiger partial charge < -0.3 is 5.32 Å². The lowest BCUT2D eigenvalue weighted by Crippen LogP contribution is -2.37. The molecule has 0 spiro atoms. The van der Waals surface area contributed by atoms with Crippen LogP contribution in [0.1, 0.15) is 11.1 Å². The van der Waals surface area contributed by atoms with E-state index >= 15 is 0 Å². The number of benzene rings is 1. The zero-order valence-corrected chi connectivity index (χ0v) is 11.7. The number of hydrogen-bond donors (Lipinski definition) is 2. The zero-order valence-electron chi connectivity index (χ0n) is 10.9. The van der Waals surface area contributed by atoms with E-state index in [1.165, 1.54) is 22.9 Å². The molecule has 9 heteroatoms. The first kappa shape index (κ1) is 16.2. The van der Waals surface area contributed by atoms with Crippen molar-refractivity contribution < 1.29 is 26.0 Å². The highest BCUT2D eigenvalue weighted by Gasteiger charge is 2.30. The molecule has 4 nitrogen and oxygen atoms in total. The third-order valence-corrected chi connectivity index (χ3v) is 4.58. The second kappa shape index (κ2) is 5.90. The second-order valence-corrected chi connectivity index (χ2v) is 6.57. The van der Waals surface area contributed by atoms with Crippen molar-refractivity contribution >= 4 is 10.0 Å². The highest BCUT2D eigenvalue weighted by Crippen LogP contribution is 2.22. The van der Waals surface area contributed by atoms with E-state index < -0.39 is 29.4 Å². The fraction of sp³-hybridized carbons (Fsp3) is 0.500. The normalized spacial score (nSPS) is 19.3. The summed E-state index contributed by atoms with van der Waals surface area (Å²) >= 11 is 0. The highest BCUT2D eigenvalue weighted by atomic mass is 32.2. The van der Waals surface area contributed by atoms with Crippen molar-refractivity contribution in [1.29, 1.82) is 0 Å². The van der Waals surface area contributed by atoms with Crippen LogP contribution in [0, 0.1) is 0 Å². The van der Waals surface area contributed by atoms with Gasteiger partial charge in [-0.15, -0.1) is 0 Å². The summed E-state index contributed by atoms with van der Waals surface area (Å²) in [5.74, 6) is 0. The van der Waals surface area contributed by atoms with E-state index in [4.69, 9.17) is 0 Å². The lowest BCUT2D eigenvalue weighted by Gasteiger charge is -2.24. The number of sulfonamides is 1. The first-order chi connectivity index (χ1) is 9.71. The molecule has 0 saturated carbocycles. The second-order valence-electron chi connectivity index (χ2n) is 4.81. The van der Waals surface area contributed by atoms with Gasteiger partial charge in [-0.25, -0.2) is 17.5 Å². The van der Waals surface area contributed by atoms with Crippen LogP contribution in [0.15, 0.2) is 23.1 Å². The quantitative estimate of drug-likeness (QED) is 0.825. The maximum Gasteiger partial charge on any atom is 0.402 e. The lowest BCUT2D eigenvalue weighted by atomic mass is 9.96. The molecule has 21 heavy (non-hydrogen) atoms. The van der Waals surface area contributed by atoms with Gasteiger partial charge in [0.1, 0.15) is 13.2 Å². The summed E-state index contributed by atoms with van der Waals surface area (Å²) in [7, 11) is -4.22. The standard InChI is InChI=1S/C12H14F4N2O2S/c13-5-10-3-8-1-2-11(4-9(8)6-17-10)21(19,20)18-7-12(14,15)16/h1-2,4,10,17-18H,3,5-7H2/t10-/m0/s1. The summed E-state index contributed by atoms with van der Waals surface area (Å²) in [5.41, 5.74) is 1.45. The van der Waals surface area contributed by atoms with Crippen LogP contribution in [0.3, 0.4) is 0 Å². The molecule has 1 aromatic rings. The number of rotatable bonds is 4. The van der Waals surface area contributed by atoms with Gasteiger partial charge in [-0.2, -0.15) is 13.2 Å². The molecule has 0 saturated heterocycles. The van der Waals surface area contributed by atoms with Crippen molar-refractivity contribution in [3.8, 4) is 0 Å². The van der Waals surface area contributed by atoms with Gasteiger partial charge in [0.15, 0.2) is 0 Å². The largest absolute Gasteiger partial charge is 0.402 e. The van der Waals surface area contributed by atoms with Crippen LogP contribution in [0.2, 0.25) is 0 Å². The van der Waals surface area contributed by atoms with Gasteiger partial charge in [0.2, 0.25) is 10.0 Å². The predicted octanol–water partition coefficient (Wildman–Crippen LogP) is 1.51. The molecule has 118 valence electrons. The number of nitrogens with one attached hydrogen (secondary N) is 2. The van der Waals surface area contributed by atoms with Gasteiger partial charge in [-0.1, -0.05) is 6.07 Å². The molecular formula is C12H14F4N2O2S. The Labute approximate surface area is 119 Å². The van der Waals surface area contributed by atoms with Crippen LogP contribution in [0.25, 0.3) is 0 Å². The fourth-order valence-electron chi connectivity index (χ4n) is 2.09. The van der Waals surface area contributed by atoms with Crippen molar-refractivity contribution in [2.24, 2.45) is 0 Å². The van der Waals surface area contributed by atoms with E-state index in [1.54, 1.807) is 0 Å². The topological polar surface area (TPSA) is 58.2 Å². The average molecular weight is 326 g/mol. The van der Waals surface area contributed by atoms with Gasteiger partial charge in [0.05, 0.1) is 4.90 Å². The predicted molar refractivity (Wildman–Crippen MR) is 68.0 cm³/mol. The molecule has 1 aromatic carbocycles. The number of fused-ring (bicyclic) bond motifs is 1. The summed E-state index contributed by atoms with van der Waals surface area (Å²) < 4.78 is 73.9.